The molecular formula is C12H16ClFN2O2S. The normalized spacial score (nSPS) is 19.8. The van der Waals surface area contributed by atoms with Crippen LogP contribution in [0.2, 0.25) is 5.02 Å². The summed E-state index contributed by atoms with van der Waals surface area (Å²) in [5.41, 5.74) is 0. The highest BCUT2D eigenvalue weighted by Crippen LogP contribution is 2.21. The van der Waals surface area contributed by atoms with Gasteiger partial charge in [-0.05, 0) is 44.0 Å². The van der Waals surface area contributed by atoms with Gasteiger partial charge >= 0.3 is 0 Å². The Morgan fingerprint density at radius 2 is 2.26 bits per heavy atom. The second-order valence-electron chi connectivity index (χ2n) is 4.60. The van der Waals surface area contributed by atoms with Gasteiger partial charge in [0.15, 0.2) is 5.82 Å². The monoisotopic (exact) mass is 306 g/mol. The van der Waals surface area contributed by atoms with E-state index in [1.807, 2.05) is 0 Å². The quantitative estimate of drug-likeness (QED) is 0.871. The van der Waals surface area contributed by atoms with Gasteiger partial charge in [-0.1, -0.05) is 17.7 Å². The first-order chi connectivity index (χ1) is 9.00. The fourth-order valence-corrected chi connectivity index (χ4v) is 3.50. The van der Waals surface area contributed by atoms with Crippen LogP contribution in [0.5, 0.6) is 0 Å². The summed E-state index contributed by atoms with van der Waals surface area (Å²) in [6.45, 7) is 2.19. The molecule has 0 radical (unpaired) electrons. The highest BCUT2D eigenvalue weighted by Gasteiger charge is 2.21. The molecule has 0 unspecified atom stereocenters. The summed E-state index contributed by atoms with van der Waals surface area (Å²) < 4.78 is 40.0. The number of halogens is 2. The molecule has 1 aliphatic rings. The van der Waals surface area contributed by atoms with Gasteiger partial charge in [-0.15, -0.1) is 0 Å². The molecule has 0 aliphatic carbocycles. The van der Waals surface area contributed by atoms with Crippen molar-refractivity contribution in [1.82, 2.24) is 10.0 Å². The van der Waals surface area contributed by atoms with Crippen molar-refractivity contribution in [3.05, 3.63) is 29.0 Å². The Hall–Kier alpha value is -0.690. The van der Waals surface area contributed by atoms with E-state index in [-0.39, 0.29) is 5.02 Å². The maximum atomic E-state index is 13.7. The van der Waals surface area contributed by atoms with Gasteiger partial charge in [-0.25, -0.2) is 17.5 Å². The third kappa shape index (κ3) is 3.66. The summed E-state index contributed by atoms with van der Waals surface area (Å²) in [5, 5.41) is 3.02. The van der Waals surface area contributed by atoms with Crippen molar-refractivity contribution in [2.75, 3.05) is 19.6 Å². The van der Waals surface area contributed by atoms with Crippen molar-refractivity contribution < 1.29 is 12.8 Å². The van der Waals surface area contributed by atoms with Gasteiger partial charge in [-0.3, -0.25) is 0 Å². The molecule has 1 aromatic carbocycles. The summed E-state index contributed by atoms with van der Waals surface area (Å²) in [6.07, 6.45) is 1.79. The van der Waals surface area contributed by atoms with Crippen LogP contribution in [0, 0.1) is 11.7 Å². The topological polar surface area (TPSA) is 58.2 Å². The minimum Gasteiger partial charge on any atom is -0.316 e. The van der Waals surface area contributed by atoms with Crippen molar-refractivity contribution in [2.45, 2.75) is 17.7 Å². The summed E-state index contributed by atoms with van der Waals surface area (Å²) in [5.74, 6) is -0.425. The predicted octanol–water partition coefficient (Wildman–Crippen LogP) is 1.76. The minimum atomic E-state index is -3.84. The van der Waals surface area contributed by atoms with Crippen LogP contribution in [0.4, 0.5) is 4.39 Å². The van der Waals surface area contributed by atoms with Crippen molar-refractivity contribution >= 4 is 21.6 Å². The van der Waals surface area contributed by atoms with Crippen LogP contribution < -0.4 is 10.0 Å². The van der Waals surface area contributed by atoms with Crippen molar-refractivity contribution in [2.24, 2.45) is 5.92 Å². The van der Waals surface area contributed by atoms with Crippen LogP contribution in [0.15, 0.2) is 23.1 Å². The SMILES string of the molecule is O=S(=O)(NCC[C@@H]1CCNC1)c1cccc(Cl)c1F. The molecule has 2 N–H and O–H groups in total. The molecule has 2 rings (SSSR count). The summed E-state index contributed by atoms with van der Waals surface area (Å²) in [6, 6.07) is 3.95. The zero-order chi connectivity index (χ0) is 13.9. The van der Waals surface area contributed by atoms with E-state index in [1.54, 1.807) is 0 Å². The van der Waals surface area contributed by atoms with E-state index in [0.29, 0.717) is 12.5 Å². The lowest BCUT2D eigenvalue weighted by atomic mass is 10.1. The average Bonchev–Trinajstić information content (AvgIpc) is 2.85. The van der Waals surface area contributed by atoms with Gasteiger partial charge in [0.1, 0.15) is 4.90 Å². The first-order valence-electron chi connectivity index (χ1n) is 6.15. The summed E-state index contributed by atoms with van der Waals surface area (Å²) >= 11 is 5.58. The van der Waals surface area contributed by atoms with Crippen LogP contribution in [-0.4, -0.2) is 28.1 Å². The van der Waals surface area contributed by atoms with Gasteiger partial charge in [-0.2, -0.15) is 0 Å². The molecule has 4 nitrogen and oxygen atoms in total. The average molecular weight is 307 g/mol. The summed E-state index contributed by atoms with van der Waals surface area (Å²) in [4.78, 5) is -0.399. The molecule has 1 fully saturated rings. The third-order valence-electron chi connectivity index (χ3n) is 3.21. The van der Waals surface area contributed by atoms with E-state index >= 15 is 0 Å². The third-order valence-corrected chi connectivity index (χ3v) is 4.98. The fraction of sp³-hybridized carbons (Fsp3) is 0.500. The minimum absolute atomic E-state index is 0.192. The molecule has 1 aliphatic heterocycles. The largest absolute Gasteiger partial charge is 0.316 e. The van der Waals surface area contributed by atoms with Crippen LogP contribution in [0.25, 0.3) is 0 Å². The number of hydrogen-bond donors (Lipinski definition) is 2. The van der Waals surface area contributed by atoms with Crippen molar-refractivity contribution in [3.63, 3.8) is 0 Å². The lowest BCUT2D eigenvalue weighted by molar-refractivity contribution is 0.515. The first kappa shape index (κ1) is 14.7. The van der Waals surface area contributed by atoms with E-state index in [9.17, 15) is 12.8 Å². The van der Waals surface area contributed by atoms with Gasteiger partial charge < -0.3 is 5.32 Å². The van der Waals surface area contributed by atoms with Crippen LogP contribution in [0.1, 0.15) is 12.8 Å². The number of nitrogens with one attached hydrogen (secondary N) is 2. The number of hydrogen-bond acceptors (Lipinski definition) is 3. The molecular weight excluding hydrogens is 291 g/mol. The number of benzene rings is 1. The fourth-order valence-electron chi connectivity index (χ4n) is 2.13. The molecule has 19 heavy (non-hydrogen) atoms. The summed E-state index contributed by atoms with van der Waals surface area (Å²) in [7, 11) is -3.84. The Balaban J connectivity index is 1.99. The van der Waals surface area contributed by atoms with E-state index in [4.69, 9.17) is 11.6 Å². The Bertz CT molecular complexity index is 545. The molecule has 0 bridgehead atoms. The maximum Gasteiger partial charge on any atom is 0.243 e. The van der Waals surface area contributed by atoms with Gasteiger partial charge in [0, 0.05) is 6.54 Å². The Morgan fingerprint density at radius 1 is 1.47 bits per heavy atom. The molecule has 1 atom stereocenters. The highest BCUT2D eigenvalue weighted by atomic mass is 35.5. The number of rotatable bonds is 5. The Morgan fingerprint density at radius 3 is 2.95 bits per heavy atom. The van der Waals surface area contributed by atoms with E-state index < -0.39 is 20.7 Å². The molecule has 7 heteroatoms. The molecule has 0 spiro atoms. The Kier molecular flexibility index (Phi) is 4.78. The zero-order valence-corrected chi connectivity index (χ0v) is 11.9. The van der Waals surface area contributed by atoms with Crippen molar-refractivity contribution in [1.29, 1.82) is 0 Å². The standard InChI is InChI=1S/C12H16ClFN2O2S/c13-10-2-1-3-11(12(10)14)19(17,18)16-7-5-9-4-6-15-8-9/h1-3,9,15-16H,4-8H2/t9-/m0/s1. The maximum absolute atomic E-state index is 13.7. The van der Waals surface area contributed by atoms with Gasteiger partial charge in [0.2, 0.25) is 10.0 Å². The molecule has 0 saturated carbocycles. The molecule has 0 aromatic heterocycles. The van der Waals surface area contributed by atoms with Gasteiger partial charge in [0.05, 0.1) is 5.02 Å². The lowest BCUT2D eigenvalue weighted by Gasteiger charge is -2.10. The molecule has 106 valence electrons. The van der Waals surface area contributed by atoms with Crippen LogP contribution >= 0.6 is 11.6 Å². The first-order valence-corrected chi connectivity index (χ1v) is 8.01. The van der Waals surface area contributed by atoms with E-state index in [0.717, 1.165) is 25.9 Å². The smallest absolute Gasteiger partial charge is 0.243 e. The second-order valence-corrected chi connectivity index (χ2v) is 6.74. The second kappa shape index (κ2) is 6.17. The van der Waals surface area contributed by atoms with Gasteiger partial charge in [0.25, 0.3) is 0 Å². The molecule has 1 saturated heterocycles. The molecule has 1 heterocycles. The Labute approximate surface area is 117 Å². The zero-order valence-electron chi connectivity index (χ0n) is 10.3. The van der Waals surface area contributed by atoms with E-state index in [1.165, 1.54) is 18.2 Å². The van der Waals surface area contributed by atoms with Crippen LogP contribution in [-0.2, 0) is 10.0 Å². The molecule has 1 aromatic rings. The van der Waals surface area contributed by atoms with E-state index in [2.05, 4.69) is 10.0 Å². The van der Waals surface area contributed by atoms with Crippen LogP contribution in [0.3, 0.4) is 0 Å². The lowest BCUT2D eigenvalue weighted by Crippen LogP contribution is -2.27. The highest BCUT2D eigenvalue weighted by molar-refractivity contribution is 7.89. The molecule has 0 amide bonds. The predicted molar refractivity (Wildman–Crippen MR) is 72.2 cm³/mol. The number of sulfonamides is 1. The van der Waals surface area contributed by atoms with Crippen molar-refractivity contribution in [3.8, 4) is 0 Å².